The molecule has 0 radical (unpaired) electrons. The van der Waals surface area contributed by atoms with Gasteiger partial charge in [-0.3, -0.25) is 0 Å². The Labute approximate surface area is 236 Å². The maximum absolute atomic E-state index is 6.26. The van der Waals surface area contributed by atoms with Crippen LogP contribution in [0.1, 0.15) is 22.3 Å². The predicted octanol–water partition coefficient (Wildman–Crippen LogP) is 8.34. The molecule has 1 spiro atoms. The van der Waals surface area contributed by atoms with Gasteiger partial charge in [0.25, 0.3) is 0 Å². The number of anilines is 2. The molecule has 1 atom stereocenters. The van der Waals surface area contributed by atoms with Crippen LogP contribution in [0.2, 0.25) is 5.02 Å². The normalized spacial score (nSPS) is 18.1. The summed E-state index contributed by atoms with van der Waals surface area (Å²) in [6.45, 7) is 0. The number of rotatable bonds is 4. The molecule has 5 aromatic rings. The van der Waals surface area contributed by atoms with Crippen molar-refractivity contribution in [2.45, 2.75) is 4.99 Å². The molecule has 2 aliphatic rings. The fourth-order valence-electron chi connectivity index (χ4n) is 5.09. The van der Waals surface area contributed by atoms with Crippen LogP contribution in [0, 0.1) is 0 Å². The van der Waals surface area contributed by atoms with Gasteiger partial charge in [0.05, 0.1) is 17.1 Å². The van der Waals surface area contributed by atoms with Crippen LogP contribution in [0.25, 0.3) is 0 Å². The fourth-order valence-corrected chi connectivity index (χ4v) is 6.62. The number of hydrogen-bond donors (Lipinski definition) is 0. The van der Waals surface area contributed by atoms with E-state index in [0.717, 1.165) is 44.4 Å². The molecule has 5 aromatic carbocycles. The fraction of sp³-hybridized carbons (Fsp3) is 0.0303. The minimum absolute atomic E-state index is 0.697. The van der Waals surface area contributed by atoms with E-state index >= 15 is 0 Å². The molecule has 0 aromatic heterocycles. The van der Waals surface area contributed by atoms with E-state index < -0.39 is 4.99 Å². The van der Waals surface area contributed by atoms with Gasteiger partial charge in [-0.25, -0.2) is 10.0 Å². The lowest BCUT2D eigenvalue weighted by Crippen LogP contribution is -2.54. The first-order valence-electron chi connectivity index (χ1n) is 12.7. The van der Waals surface area contributed by atoms with Crippen LogP contribution in [0.4, 0.5) is 11.4 Å². The van der Waals surface area contributed by atoms with E-state index in [4.69, 9.17) is 21.8 Å². The highest BCUT2D eigenvalue weighted by Gasteiger charge is 2.55. The molecule has 7 rings (SSSR count). The minimum Gasteiger partial charge on any atom is -0.223 e. The maximum atomic E-state index is 6.26. The highest BCUT2D eigenvalue weighted by atomic mass is 35.5. The summed E-state index contributed by atoms with van der Waals surface area (Å²) in [4.78, 5) is -0.805. The molecule has 4 nitrogen and oxygen atoms in total. The third-order valence-electron chi connectivity index (χ3n) is 6.88. The molecule has 2 heterocycles. The van der Waals surface area contributed by atoms with Gasteiger partial charge in [0.1, 0.15) is 5.04 Å². The Bertz CT molecular complexity index is 1690. The van der Waals surface area contributed by atoms with Crippen molar-refractivity contribution in [2.24, 2.45) is 10.2 Å². The zero-order valence-corrected chi connectivity index (χ0v) is 22.4. The molecule has 0 saturated heterocycles. The number of nitrogens with zero attached hydrogens (tertiary/aromatic N) is 4. The first-order chi connectivity index (χ1) is 19.2. The summed E-state index contributed by atoms with van der Waals surface area (Å²) < 4.78 is 0. The highest BCUT2D eigenvalue weighted by molar-refractivity contribution is 8.15. The maximum Gasteiger partial charge on any atom is 0.234 e. The molecule has 39 heavy (non-hydrogen) atoms. The van der Waals surface area contributed by atoms with Gasteiger partial charge in [-0.15, -0.1) is 0 Å². The van der Waals surface area contributed by atoms with Crippen LogP contribution < -0.4 is 10.0 Å². The number of fused-ring (bicyclic) bond motifs is 2. The molecule has 0 fully saturated rings. The summed E-state index contributed by atoms with van der Waals surface area (Å²) >= 11 is 7.97. The van der Waals surface area contributed by atoms with Gasteiger partial charge >= 0.3 is 0 Å². The second-order valence-electron chi connectivity index (χ2n) is 9.28. The lowest BCUT2D eigenvalue weighted by Gasteiger charge is -2.47. The van der Waals surface area contributed by atoms with Crippen molar-refractivity contribution < 1.29 is 0 Å². The van der Waals surface area contributed by atoms with E-state index in [2.05, 4.69) is 82.8 Å². The van der Waals surface area contributed by atoms with Crippen LogP contribution in [-0.2, 0) is 4.99 Å². The smallest absolute Gasteiger partial charge is 0.223 e. The number of hydrogen-bond acceptors (Lipinski definition) is 5. The zero-order chi connectivity index (χ0) is 26.2. The molecule has 0 saturated carbocycles. The number of benzene rings is 5. The van der Waals surface area contributed by atoms with Crippen molar-refractivity contribution in [2.75, 3.05) is 10.0 Å². The molecule has 0 N–H and O–H groups in total. The quantitative estimate of drug-likeness (QED) is 0.229. The highest BCUT2D eigenvalue weighted by Crippen LogP contribution is 2.55. The average Bonchev–Trinajstić information content (AvgIpc) is 3.40. The summed E-state index contributed by atoms with van der Waals surface area (Å²) in [5.74, 6) is 0. The summed E-state index contributed by atoms with van der Waals surface area (Å²) in [5.41, 5.74) is 7.08. The van der Waals surface area contributed by atoms with Crippen LogP contribution >= 0.6 is 23.4 Å². The van der Waals surface area contributed by atoms with Gasteiger partial charge in [0.2, 0.25) is 4.99 Å². The van der Waals surface area contributed by atoms with Crippen molar-refractivity contribution >= 4 is 45.5 Å². The standard InChI is InChI=1S/C33H23ClN4S/c34-26-22-20-24(21-23-26)31-29-18-10-11-19-30(29)33(37(35-31)27-14-6-2-7-15-27)38(28-16-8-3-9-17-28)36-32(39-33)25-12-4-1-5-13-25/h1-23H. The van der Waals surface area contributed by atoms with Gasteiger partial charge in [-0.1, -0.05) is 115 Å². The molecule has 1 unspecified atom stereocenters. The largest absolute Gasteiger partial charge is 0.234 e. The van der Waals surface area contributed by atoms with Gasteiger partial charge < -0.3 is 0 Å². The first kappa shape index (κ1) is 23.8. The van der Waals surface area contributed by atoms with Gasteiger partial charge in [0.15, 0.2) is 0 Å². The third kappa shape index (κ3) is 4.02. The van der Waals surface area contributed by atoms with Crippen LogP contribution in [-0.4, -0.2) is 10.8 Å². The number of para-hydroxylation sites is 2. The van der Waals surface area contributed by atoms with E-state index in [1.54, 1.807) is 11.8 Å². The number of thioether (sulfide) groups is 1. The summed E-state index contributed by atoms with van der Waals surface area (Å²) in [6, 6.07) is 47.4. The second-order valence-corrected chi connectivity index (χ2v) is 10.9. The van der Waals surface area contributed by atoms with Crippen LogP contribution in [0.5, 0.6) is 0 Å². The topological polar surface area (TPSA) is 31.2 Å². The lowest BCUT2D eigenvalue weighted by atomic mass is 9.93. The summed E-state index contributed by atoms with van der Waals surface area (Å²) in [5, 5.41) is 16.5. The van der Waals surface area contributed by atoms with Crippen molar-refractivity contribution in [3.63, 3.8) is 0 Å². The van der Waals surface area contributed by atoms with Crippen LogP contribution in [0.15, 0.2) is 150 Å². The Morgan fingerprint density at radius 3 is 1.72 bits per heavy atom. The van der Waals surface area contributed by atoms with Crippen LogP contribution in [0.3, 0.4) is 0 Å². The van der Waals surface area contributed by atoms with E-state index in [1.165, 1.54) is 0 Å². The Kier molecular flexibility index (Phi) is 5.95. The Balaban J connectivity index is 1.52. The zero-order valence-electron chi connectivity index (χ0n) is 20.9. The lowest BCUT2D eigenvalue weighted by molar-refractivity contribution is 0.550. The Morgan fingerprint density at radius 1 is 0.538 bits per heavy atom. The molecule has 188 valence electrons. The monoisotopic (exact) mass is 542 g/mol. The molecule has 6 heteroatoms. The van der Waals surface area contributed by atoms with E-state index in [1.807, 2.05) is 66.7 Å². The molecule has 0 amide bonds. The number of halogens is 1. The Morgan fingerprint density at radius 2 is 1.08 bits per heavy atom. The van der Waals surface area contributed by atoms with E-state index in [9.17, 15) is 0 Å². The van der Waals surface area contributed by atoms with Crippen molar-refractivity contribution in [3.05, 3.63) is 167 Å². The predicted molar refractivity (Wildman–Crippen MR) is 164 cm³/mol. The van der Waals surface area contributed by atoms with Crippen molar-refractivity contribution in [1.29, 1.82) is 0 Å². The number of hydrazone groups is 2. The average molecular weight is 543 g/mol. The summed E-state index contributed by atoms with van der Waals surface area (Å²) in [7, 11) is 0. The molecule has 0 bridgehead atoms. The molecule has 2 aliphatic heterocycles. The molecule has 0 aliphatic carbocycles. The first-order valence-corrected chi connectivity index (χ1v) is 13.9. The van der Waals surface area contributed by atoms with Gasteiger partial charge in [0, 0.05) is 27.3 Å². The van der Waals surface area contributed by atoms with Gasteiger partial charge in [-0.2, -0.15) is 10.2 Å². The Hall–Kier alpha value is -4.32. The van der Waals surface area contributed by atoms with E-state index in [-0.39, 0.29) is 0 Å². The molecular weight excluding hydrogens is 520 g/mol. The second kappa shape index (κ2) is 9.77. The van der Waals surface area contributed by atoms with Crippen molar-refractivity contribution in [1.82, 2.24) is 0 Å². The van der Waals surface area contributed by atoms with E-state index in [0.29, 0.717) is 5.02 Å². The molecular formula is C33H23ClN4S. The summed E-state index contributed by atoms with van der Waals surface area (Å²) in [6.07, 6.45) is 0. The third-order valence-corrected chi connectivity index (χ3v) is 8.49. The SMILES string of the molecule is Clc1ccc(C2=NN(c3ccccc3)C3(SC(c4ccccc4)=NN3c3ccccc3)c3ccccc32)cc1. The van der Waals surface area contributed by atoms with Gasteiger partial charge in [-0.05, 0) is 48.2 Å². The van der Waals surface area contributed by atoms with Crippen molar-refractivity contribution in [3.8, 4) is 0 Å². The minimum atomic E-state index is -0.805.